The van der Waals surface area contributed by atoms with Crippen molar-refractivity contribution in [2.45, 2.75) is 51.2 Å². The number of benzene rings is 1. The molecule has 5 nitrogen and oxygen atoms in total. The van der Waals surface area contributed by atoms with Crippen LogP contribution in [0.4, 0.5) is 5.69 Å². The van der Waals surface area contributed by atoms with Crippen LogP contribution in [0.15, 0.2) is 24.3 Å². The van der Waals surface area contributed by atoms with E-state index in [0.717, 1.165) is 24.3 Å². The predicted octanol–water partition coefficient (Wildman–Crippen LogP) is 3.19. The van der Waals surface area contributed by atoms with Crippen molar-refractivity contribution >= 4 is 5.69 Å². The van der Waals surface area contributed by atoms with Crippen molar-refractivity contribution in [3.8, 4) is 0 Å². The standard InChI is InChI=1S/C16H24N2O3/c1-12-3-2-4-14(8-5-12)17-11-16(19)13-6-9-15(10-7-13)18(20)21/h6-7,9-10,12,14,16-17,19H,2-5,8,11H2,1H3. The second-order valence-electron chi connectivity index (χ2n) is 6.08. The minimum absolute atomic E-state index is 0.0525. The van der Waals surface area contributed by atoms with Crippen molar-refractivity contribution in [1.82, 2.24) is 5.32 Å². The molecule has 1 aromatic rings. The molecule has 0 spiro atoms. The van der Waals surface area contributed by atoms with Gasteiger partial charge in [0, 0.05) is 24.7 Å². The highest BCUT2D eigenvalue weighted by Gasteiger charge is 2.17. The lowest BCUT2D eigenvalue weighted by Crippen LogP contribution is -2.32. The molecule has 0 bridgehead atoms. The third kappa shape index (κ3) is 4.79. The van der Waals surface area contributed by atoms with E-state index in [4.69, 9.17) is 0 Å². The Bertz CT molecular complexity index is 461. The summed E-state index contributed by atoms with van der Waals surface area (Å²) in [5.41, 5.74) is 0.770. The highest BCUT2D eigenvalue weighted by Crippen LogP contribution is 2.23. The van der Waals surface area contributed by atoms with Gasteiger partial charge in [0.2, 0.25) is 0 Å². The molecule has 0 aliphatic heterocycles. The molecule has 116 valence electrons. The minimum Gasteiger partial charge on any atom is -0.387 e. The van der Waals surface area contributed by atoms with Crippen LogP contribution in [-0.4, -0.2) is 22.6 Å². The fourth-order valence-electron chi connectivity index (χ4n) is 2.91. The first-order valence-corrected chi connectivity index (χ1v) is 7.72. The summed E-state index contributed by atoms with van der Waals surface area (Å²) >= 11 is 0. The molecule has 0 radical (unpaired) electrons. The Labute approximate surface area is 125 Å². The van der Waals surface area contributed by atoms with E-state index in [9.17, 15) is 15.2 Å². The number of rotatable bonds is 5. The van der Waals surface area contributed by atoms with E-state index in [1.54, 1.807) is 12.1 Å². The third-order valence-electron chi connectivity index (χ3n) is 4.35. The van der Waals surface area contributed by atoms with Gasteiger partial charge in [-0.1, -0.05) is 19.8 Å². The van der Waals surface area contributed by atoms with Crippen LogP contribution in [0.5, 0.6) is 0 Å². The zero-order valence-electron chi connectivity index (χ0n) is 12.5. The number of aliphatic hydroxyl groups is 1. The Kier molecular flexibility index (Phi) is 5.70. The number of aliphatic hydroxyl groups excluding tert-OH is 1. The molecule has 1 aliphatic carbocycles. The van der Waals surface area contributed by atoms with Crippen molar-refractivity contribution in [1.29, 1.82) is 0 Å². The van der Waals surface area contributed by atoms with E-state index in [1.165, 1.54) is 31.4 Å². The van der Waals surface area contributed by atoms with Crippen molar-refractivity contribution in [3.63, 3.8) is 0 Å². The van der Waals surface area contributed by atoms with Crippen LogP contribution >= 0.6 is 0 Å². The SMILES string of the molecule is CC1CCCC(NCC(O)c2ccc([N+](=O)[O-])cc2)CC1. The minimum atomic E-state index is -0.619. The topological polar surface area (TPSA) is 75.4 Å². The van der Waals surface area contributed by atoms with Gasteiger partial charge in [0.25, 0.3) is 5.69 Å². The molecule has 2 rings (SSSR count). The number of nitrogens with one attached hydrogen (secondary N) is 1. The third-order valence-corrected chi connectivity index (χ3v) is 4.35. The monoisotopic (exact) mass is 292 g/mol. The highest BCUT2D eigenvalue weighted by atomic mass is 16.6. The predicted molar refractivity (Wildman–Crippen MR) is 82.1 cm³/mol. The molecule has 1 fully saturated rings. The maximum absolute atomic E-state index is 10.6. The van der Waals surface area contributed by atoms with Gasteiger partial charge >= 0.3 is 0 Å². The first kappa shape index (κ1) is 15.9. The summed E-state index contributed by atoms with van der Waals surface area (Å²) in [6.07, 6.45) is 5.48. The normalized spacial score (nSPS) is 24.3. The van der Waals surface area contributed by atoms with Gasteiger partial charge < -0.3 is 10.4 Å². The summed E-state index contributed by atoms with van der Waals surface area (Å²) < 4.78 is 0. The first-order valence-electron chi connectivity index (χ1n) is 7.72. The van der Waals surface area contributed by atoms with E-state index in [0.29, 0.717) is 12.6 Å². The van der Waals surface area contributed by atoms with Crippen LogP contribution in [0.3, 0.4) is 0 Å². The van der Waals surface area contributed by atoms with Crippen LogP contribution in [-0.2, 0) is 0 Å². The van der Waals surface area contributed by atoms with Crippen molar-refractivity contribution < 1.29 is 10.0 Å². The average Bonchev–Trinajstić information content (AvgIpc) is 2.69. The Balaban J connectivity index is 1.83. The second-order valence-corrected chi connectivity index (χ2v) is 6.08. The molecule has 0 heterocycles. The van der Waals surface area contributed by atoms with Crippen LogP contribution in [0.1, 0.15) is 50.7 Å². The molecule has 1 aliphatic rings. The van der Waals surface area contributed by atoms with Crippen LogP contribution in [0, 0.1) is 16.0 Å². The van der Waals surface area contributed by atoms with Gasteiger partial charge in [0.15, 0.2) is 0 Å². The smallest absolute Gasteiger partial charge is 0.269 e. The summed E-state index contributed by atoms with van der Waals surface area (Å²) in [5.74, 6) is 0.802. The van der Waals surface area contributed by atoms with Crippen LogP contribution in [0.25, 0.3) is 0 Å². The lowest BCUT2D eigenvalue weighted by molar-refractivity contribution is -0.384. The van der Waals surface area contributed by atoms with Crippen molar-refractivity contribution in [2.24, 2.45) is 5.92 Å². The number of hydrogen-bond acceptors (Lipinski definition) is 4. The van der Waals surface area contributed by atoms with Gasteiger partial charge in [-0.15, -0.1) is 0 Å². The molecule has 0 aromatic heterocycles. The average molecular weight is 292 g/mol. The van der Waals surface area contributed by atoms with E-state index < -0.39 is 11.0 Å². The summed E-state index contributed by atoms with van der Waals surface area (Å²) in [7, 11) is 0. The molecule has 1 saturated carbocycles. The lowest BCUT2D eigenvalue weighted by Gasteiger charge is -2.19. The zero-order chi connectivity index (χ0) is 15.2. The lowest BCUT2D eigenvalue weighted by atomic mass is 10.0. The van der Waals surface area contributed by atoms with Gasteiger partial charge in [0.1, 0.15) is 0 Å². The molecular weight excluding hydrogens is 268 g/mol. The summed E-state index contributed by atoms with van der Waals surface area (Å²) in [6, 6.07) is 6.60. The molecule has 1 aromatic carbocycles. The van der Waals surface area contributed by atoms with E-state index >= 15 is 0 Å². The summed E-state index contributed by atoms with van der Waals surface area (Å²) in [5, 5.41) is 24.2. The largest absolute Gasteiger partial charge is 0.387 e. The number of nitro benzene ring substituents is 1. The molecule has 21 heavy (non-hydrogen) atoms. The summed E-state index contributed by atoms with van der Waals surface area (Å²) in [4.78, 5) is 10.2. The maximum Gasteiger partial charge on any atom is 0.269 e. The number of nitrogens with zero attached hydrogens (tertiary/aromatic N) is 1. The maximum atomic E-state index is 10.6. The Morgan fingerprint density at radius 2 is 2.00 bits per heavy atom. The zero-order valence-corrected chi connectivity index (χ0v) is 12.5. The van der Waals surface area contributed by atoms with E-state index in [-0.39, 0.29) is 5.69 Å². The quantitative estimate of drug-likeness (QED) is 0.496. The number of non-ortho nitro benzene ring substituents is 1. The fourth-order valence-corrected chi connectivity index (χ4v) is 2.91. The molecule has 2 N–H and O–H groups in total. The van der Waals surface area contributed by atoms with Crippen LogP contribution in [0.2, 0.25) is 0 Å². The Morgan fingerprint density at radius 1 is 1.29 bits per heavy atom. The molecular formula is C16H24N2O3. The second kappa shape index (κ2) is 7.52. The number of nitro groups is 1. The van der Waals surface area contributed by atoms with Crippen molar-refractivity contribution in [2.75, 3.05) is 6.54 Å². The van der Waals surface area contributed by atoms with Gasteiger partial charge in [-0.25, -0.2) is 0 Å². The van der Waals surface area contributed by atoms with Gasteiger partial charge in [-0.3, -0.25) is 10.1 Å². The van der Waals surface area contributed by atoms with Crippen molar-refractivity contribution in [3.05, 3.63) is 39.9 Å². The molecule has 5 heteroatoms. The van der Waals surface area contributed by atoms with E-state index in [2.05, 4.69) is 12.2 Å². The van der Waals surface area contributed by atoms with Gasteiger partial charge in [-0.2, -0.15) is 0 Å². The Hall–Kier alpha value is -1.46. The van der Waals surface area contributed by atoms with Gasteiger partial charge in [0.05, 0.1) is 11.0 Å². The summed E-state index contributed by atoms with van der Waals surface area (Å²) in [6.45, 7) is 2.80. The fraction of sp³-hybridized carbons (Fsp3) is 0.625. The first-order chi connectivity index (χ1) is 10.1. The van der Waals surface area contributed by atoms with E-state index in [1.807, 2.05) is 0 Å². The molecule has 3 atom stereocenters. The highest BCUT2D eigenvalue weighted by molar-refractivity contribution is 5.33. The molecule has 3 unspecified atom stereocenters. The molecule has 0 amide bonds. The van der Waals surface area contributed by atoms with Gasteiger partial charge in [-0.05, 0) is 42.9 Å². The number of hydrogen-bond donors (Lipinski definition) is 2. The van der Waals surface area contributed by atoms with Crippen LogP contribution < -0.4 is 5.32 Å². The molecule has 0 saturated heterocycles. The Morgan fingerprint density at radius 3 is 2.67 bits per heavy atom.